The maximum Gasteiger partial charge on any atom is 0.338 e. The first-order valence-corrected chi connectivity index (χ1v) is 10.2. The molecule has 2 aromatic carbocycles. The molecule has 3 aromatic rings. The normalized spacial score (nSPS) is 13.5. The monoisotopic (exact) mass is 409 g/mol. The highest BCUT2D eigenvalue weighted by Gasteiger charge is 2.17. The van der Waals surface area contributed by atoms with Gasteiger partial charge < -0.3 is 14.5 Å². The van der Waals surface area contributed by atoms with Gasteiger partial charge >= 0.3 is 11.6 Å². The number of benzene rings is 2. The Hall–Kier alpha value is -3.06. The van der Waals surface area contributed by atoms with Crippen molar-refractivity contribution >= 4 is 40.3 Å². The molecule has 0 radical (unpaired) electrons. The molecule has 0 aliphatic carbocycles. The zero-order valence-electron chi connectivity index (χ0n) is 16.0. The number of fused-ring (bicyclic) bond motifs is 2. The number of thioether (sulfide) groups is 1. The van der Waals surface area contributed by atoms with Gasteiger partial charge in [0.05, 0.1) is 11.3 Å². The van der Waals surface area contributed by atoms with Crippen LogP contribution in [0.1, 0.15) is 33.5 Å². The smallest absolute Gasteiger partial charge is 0.338 e. The van der Waals surface area contributed by atoms with Gasteiger partial charge in [0.2, 0.25) is 5.91 Å². The molecule has 0 spiro atoms. The molecule has 7 heteroatoms. The molecule has 29 heavy (non-hydrogen) atoms. The predicted octanol–water partition coefficient (Wildman–Crippen LogP) is 4.20. The van der Waals surface area contributed by atoms with Gasteiger partial charge in [0.1, 0.15) is 12.2 Å². The second-order valence-electron chi connectivity index (χ2n) is 6.91. The molecule has 148 valence electrons. The predicted molar refractivity (Wildman–Crippen MR) is 111 cm³/mol. The summed E-state index contributed by atoms with van der Waals surface area (Å²) in [5.74, 6) is 0.0991. The number of anilines is 1. The van der Waals surface area contributed by atoms with Crippen LogP contribution in [0.4, 0.5) is 5.69 Å². The van der Waals surface area contributed by atoms with E-state index in [2.05, 4.69) is 5.32 Å². The number of amides is 1. The molecule has 0 fully saturated rings. The number of carbonyl (C=O) groups is 2. The molecule has 1 aromatic heterocycles. The van der Waals surface area contributed by atoms with Crippen LogP contribution in [0, 0.1) is 13.8 Å². The summed E-state index contributed by atoms with van der Waals surface area (Å²) in [4.78, 5) is 37.2. The van der Waals surface area contributed by atoms with Gasteiger partial charge in [-0.1, -0.05) is 12.1 Å². The van der Waals surface area contributed by atoms with E-state index >= 15 is 0 Å². The Kier molecular flexibility index (Phi) is 5.15. The highest BCUT2D eigenvalue weighted by molar-refractivity contribution is 7.99. The molecule has 4 rings (SSSR count). The maximum atomic E-state index is 12.6. The number of carbonyl (C=O) groups excluding carboxylic acids is 2. The lowest BCUT2D eigenvalue weighted by Crippen LogP contribution is -2.12. The minimum absolute atomic E-state index is 0.0539. The zero-order chi connectivity index (χ0) is 20.5. The number of rotatable bonds is 3. The molecule has 1 N–H and O–H groups in total. The molecule has 0 unspecified atom stereocenters. The number of hydrogen-bond donors (Lipinski definition) is 1. The Bertz CT molecular complexity index is 1200. The fraction of sp³-hybridized carbons (Fsp3) is 0.227. The highest BCUT2D eigenvalue weighted by atomic mass is 32.2. The van der Waals surface area contributed by atoms with Crippen molar-refractivity contribution in [1.29, 1.82) is 0 Å². The largest absolute Gasteiger partial charge is 0.457 e. The van der Waals surface area contributed by atoms with Gasteiger partial charge in [-0.05, 0) is 43.2 Å². The second kappa shape index (κ2) is 7.75. The molecule has 2 heterocycles. The quantitative estimate of drug-likeness (QED) is 0.515. The molecule has 1 aliphatic heterocycles. The lowest BCUT2D eigenvalue weighted by Gasteiger charge is -2.11. The molecule has 1 aliphatic rings. The standard InChI is InChI=1S/C22H19NO5S/c1-12-3-5-16-15(10-20(25)28-21(16)13(12)2)11-27-22(26)14-4-6-18-17(9-14)23-19(24)7-8-29-18/h3-6,9-10H,7-8,11H2,1-2H3,(H,23,24). The summed E-state index contributed by atoms with van der Waals surface area (Å²) in [6.07, 6.45) is 0.432. The van der Waals surface area contributed by atoms with Crippen LogP contribution in [-0.4, -0.2) is 17.6 Å². The molecule has 0 saturated heterocycles. The van der Waals surface area contributed by atoms with Crippen LogP contribution in [0.5, 0.6) is 0 Å². The summed E-state index contributed by atoms with van der Waals surface area (Å²) >= 11 is 1.57. The van der Waals surface area contributed by atoms with E-state index in [0.717, 1.165) is 21.4 Å². The minimum atomic E-state index is -0.526. The first kappa shape index (κ1) is 19.3. The lowest BCUT2D eigenvalue weighted by molar-refractivity contribution is -0.115. The summed E-state index contributed by atoms with van der Waals surface area (Å²) < 4.78 is 10.8. The third-order valence-corrected chi connectivity index (χ3v) is 6.03. The van der Waals surface area contributed by atoms with E-state index < -0.39 is 11.6 Å². The number of esters is 1. The van der Waals surface area contributed by atoms with Gasteiger partial charge in [0.25, 0.3) is 0 Å². The Morgan fingerprint density at radius 3 is 2.83 bits per heavy atom. The van der Waals surface area contributed by atoms with Crippen LogP contribution < -0.4 is 10.9 Å². The van der Waals surface area contributed by atoms with Crippen LogP contribution >= 0.6 is 11.8 Å². The third-order valence-electron chi connectivity index (χ3n) is 4.95. The van der Waals surface area contributed by atoms with Crippen molar-refractivity contribution in [3.63, 3.8) is 0 Å². The van der Waals surface area contributed by atoms with E-state index in [1.165, 1.54) is 6.07 Å². The van der Waals surface area contributed by atoms with Crippen molar-refractivity contribution in [3.8, 4) is 0 Å². The second-order valence-corrected chi connectivity index (χ2v) is 8.05. The molecule has 0 saturated carbocycles. The maximum absolute atomic E-state index is 12.6. The Morgan fingerprint density at radius 1 is 1.17 bits per heavy atom. The summed E-state index contributed by atoms with van der Waals surface area (Å²) in [7, 11) is 0. The van der Waals surface area contributed by atoms with Crippen LogP contribution in [0.2, 0.25) is 0 Å². The van der Waals surface area contributed by atoms with Gasteiger partial charge in [0.15, 0.2) is 0 Å². The first-order valence-electron chi connectivity index (χ1n) is 9.19. The molecule has 6 nitrogen and oxygen atoms in total. The van der Waals surface area contributed by atoms with Crippen molar-refractivity contribution in [1.82, 2.24) is 0 Å². The van der Waals surface area contributed by atoms with Crippen molar-refractivity contribution in [3.05, 3.63) is 69.1 Å². The van der Waals surface area contributed by atoms with Crippen LogP contribution in [0.25, 0.3) is 11.0 Å². The van der Waals surface area contributed by atoms with Gasteiger partial charge in [-0.2, -0.15) is 0 Å². The van der Waals surface area contributed by atoms with E-state index in [-0.39, 0.29) is 12.5 Å². The average molecular weight is 409 g/mol. The summed E-state index contributed by atoms with van der Waals surface area (Å²) in [5.41, 5.74) is 3.46. The van der Waals surface area contributed by atoms with E-state index in [1.807, 2.05) is 26.0 Å². The van der Waals surface area contributed by atoms with Crippen molar-refractivity contribution in [2.75, 3.05) is 11.1 Å². The van der Waals surface area contributed by atoms with E-state index in [4.69, 9.17) is 9.15 Å². The van der Waals surface area contributed by atoms with E-state index in [0.29, 0.717) is 34.6 Å². The van der Waals surface area contributed by atoms with Crippen LogP contribution in [-0.2, 0) is 16.1 Å². The SMILES string of the molecule is Cc1ccc2c(COC(=O)c3ccc4c(c3)NC(=O)CCS4)cc(=O)oc2c1C. The van der Waals surface area contributed by atoms with Gasteiger partial charge in [-0.3, -0.25) is 4.79 Å². The lowest BCUT2D eigenvalue weighted by atomic mass is 10.0. The van der Waals surface area contributed by atoms with E-state index in [9.17, 15) is 14.4 Å². The Balaban J connectivity index is 1.59. The fourth-order valence-corrected chi connectivity index (χ4v) is 4.15. The van der Waals surface area contributed by atoms with Crippen molar-refractivity contribution in [2.45, 2.75) is 31.8 Å². The molecular formula is C22H19NO5S. The number of hydrogen-bond acceptors (Lipinski definition) is 6. The summed E-state index contributed by atoms with van der Waals surface area (Å²) in [6, 6.07) is 10.3. The number of nitrogens with one attached hydrogen (secondary N) is 1. The number of ether oxygens (including phenoxy) is 1. The number of aryl methyl sites for hydroxylation is 2. The molecule has 0 bridgehead atoms. The molecule has 0 atom stereocenters. The van der Waals surface area contributed by atoms with Gasteiger partial charge in [-0.15, -0.1) is 11.8 Å². The summed E-state index contributed by atoms with van der Waals surface area (Å²) in [6.45, 7) is 3.77. The van der Waals surface area contributed by atoms with E-state index in [1.54, 1.807) is 30.0 Å². The van der Waals surface area contributed by atoms with Gasteiger partial charge in [-0.25, -0.2) is 9.59 Å². The van der Waals surface area contributed by atoms with Gasteiger partial charge in [0, 0.05) is 34.1 Å². The van der Waals surface area contributed by atoms with Crippen molar-refractivity contribution < 1.29 is 18.7 Å². The minimum Gasteiger partial charge on any atom is -0.457 e. The Morgan fingerprint density at radius 2 is 2.00 bits per heavy atom. The Labute approximate surface area is 171 Å². The fourth-order valence-electron chi connectivity index (χ4n) is 3.22. The van der Waals surface area contributed by atoms with Crippen molar-refractivity contribution in [2.24, 2.45) is 0 Å². The zero-order valence-corrected chi connectivity index (χ0v) is 16.9. The highest BCUT2D eigenvalue weighted by Crippen LogP contribution is 2.32. The first-order chi connectivity index (χ1) is 13.9. The molecule has 1 amide bonds. The third kappa shape index (κ3) is 3.91. The van der Waals surface area contributed by atoms with Crippen LogP contribution in [0.3, 0.4) is 0 Å². The van der Waals surface area contributed by atoms with Crippen LogP contribution in [0.15, 0.2) is 50.5 Å². The molecular weight excluding hydrogens is 390 g/mol. The summed E-state index contributed by atoms with van der Waals surface area (Å²) in [5, 5.41) is 3.56. The average Bonchev–Trinajstić information content (AvgIpc) is 2.88. The topological polar surface area (TPSA) is 85.6 Å².